The standard InChI is InChI=1S/C18H26N4/c1-12-8-13(2)20-15(12)10-22-7-6-14-9-19-17(18(3,4)5)21-16(14)11-22/h8-9,20H,6-7,10-11H2,1-5H3. The van der Waals surface area contributed by atoms with Gasteiger partial charge in [0.25, 0.3) is 0 Å². The predicted molar refractivity (Wildman–Crippen MR) is 88.8 cm³/mol. The molecule has 0 atom stereocenters. The second kappa shape index (κ2) is 5.51. The lowest BCUT2D eigenvalue weighted by Gasteiger charge is -2.29. The molecule has 2 aromatic heterocycles. The van der Waals surface area contributed by atoms with Crippen molar-refractivity contribution in [2.24, 2.45) is 0 Å². The lowest BCUT2D eigenvalue weighted by molar-refractivity contribution is 0.237. The number of nitrogens with one attached hydrogen (secondary N) is 1. The summed E-state index contributed by atoms with van der Waals surface area (Å²) in [4.78, 5) is 15.3. The molecule has 0 radical (unpaired) electrons. The van der Waals surface area contributed by atoms with E-state index in [2.05, 4.69) is 55.6 Å². The molecule has 0 saturated carbocycles. The van der Waals surface area contributed by atoms with Crippen LogP contribution in [0.25, 0.3) is 0 Å². The van der Waals surface area contributed by atoms with Crippen molar-refractivity contribution in [3.05, 3.63) is 46.3 Å². The van der Waals surface area contributed by atoms with Crippen LogP contribution in [0.1, 0.15) is 54.8 Å². The molecule has 1 aliphatic rings. The van der Waals surface area contributed by atoms with Crippen LogP contribution in [-0.4, -0.2) is 26.4 Å². The number of aryl methyl sites for hydroxylation is 2. The van der Waals surface area contributed by atoms with Gasteiger partial charge in [-0.2, -0.15) is 0 Å². The monoisotopic (exact) mass is 298 g/mol. The maximum absolute atomic E-state index is 4.84. The number of H-pyrrole nitrogens is 1. The molecule has 3 rings (SSSR count). The number of nitrogens with zero attached hydrogens (tertiary/aromatic N) is 3. The van der Waals surface area contributed by atoms with E-state index in [1.54, 1.807) is 0 Å². The third kappa shape index (κ3) is 3.07. The van der Waals surface area contributed by atoms with Crippen molar-refractivity contribution in [1.82, 2.24) is 19.9 Å². The minimum absolute atomic E-state index is 0.00443. The average Bonchev–Trinajstić information content (AvgIpc) is 2.75. The summed E-state index contributed by atoms with van der Waals surface area (Å²) in [5.41, 5.74) is 6.43. The molecule has 3 heterocycles. The van der Waals surface area contributed by atoms with Crippen LogP contribution in [0.15, 0.2) is 12.3 Å². The van der Waals surface area contributed by atoms with Crippen molar-refractivity contribution in [2.75, 3.05) is 6.54 Å². The van der Waals surface area contributed by atoms with Gasteiger partial charge in [-0.3, -0.25) is 4.90 Å². The highest BCUT2D eigenvalue weighted by Crippen LogP contribution is 2.23. The van der Waals surface area contributed by atoms with E-state index in [0.29, 0.717) is 0 Å². The zero-order chi connectivity index (χ0) is 15.9. The minimum atomic E-state index is 0.00443. The van der Waals surface area contributed by atoms with Crippen LogP contribution in [0, 0.1) is 13.8 Å². The van der Waals surface area contributed by atoms with Gasteiger partial charge in [-0.05, 0) is 37.5 Å². The van der Waals surface area contributed by atoms with E-state index in [1.807, 2.05) is 6.20 Å². The summed E-state index contributed by atoms with van der Waals surface area (Å²) in [6.45, 7) is 13.7. The molecule has 0 bridgehead atoms. The Balaban J connectivity index is 1.79. The molecule has 0 aromatic carbocycles. The van der Waals surface area contributed by atoms with Gasteiger partial charge in [0.15, 0.2) is 0 Å². The molecule has 2 aromatic rings. The lowest BCUT2D eigenvalue weighted by atomic mass is 9.95. The number of hydrogen-bond acceptors (Lipinski definition) is 3. The highest BCUT2D eigenvalue weighted by atomic mass is 15.1. The Morgan fingerprint density at radius 1 is 1.27 bits per heavy atom. The molecule has 0 aliphatic carbocycles. The smallest absolute Gasteiger partial charge is 0.133 e. The van der Waals surface area contributed by atoms with Crippen molar-refractivity contribution in [2.45, 2.75) is 59.5 Å². The number of rotatable bonds is 2. The second-order valence-electron chi connectivity index (χ2n) is 7.49. The van der Waals surface area contributed by atoms with Gasteiger partial charge in [0.2, 0.25) is 0 Å². The van der Waals surface area contributed by atoms with Crippen LogP contribution in [0.3, 0.4) is 0 Å². The first-order valence-electron chi connectivity index (χ1n) is 8.05. The Morgan fingerprint density at radius 3 is 2.68 bits per heavy atom. The van der Waals surface area contributed by atoms with E-state index in [4.69, 9.17) is 4.98 Å². The van der Waals surface area contributed by atoms with Crippen molar-refractivity contribution in [3.63, 3.8) is 0 Å². The first-order valence-corrected chi connectivity index (χ1v) is 8.05. The van der Waals surface area contributed by atoms with E-state index >= 15 is 0 Å². The number of aromatic amines is 1. The van der Waals surface area contributed by atoms with Crippen molar-refractivity contribution in [3.8, 4) is 0 Å². The Bertz CT molecular complexity index is 679. The quantitative estimate of drug-likeness (QED) is 0.925. The fraction of sp³-hybridized carbons (Fsp3) is 0.556. The molecule has 0 amide bonds. The molecular weight excluding hydrogens is 272 g/mol. The molecule has 0 saturated heterocycles. The van der Waals surface area contributed by atoms with Gasteiger partial charge in [0.05, 0.1) is 5.69 Å². The van der Waals surface area contributed by atoms with Crippen LogP contribution in [0.2, 0.25) is 0 Å². The Morgan fingerprint density at radius 2 is 2.05 bits per heavy atom. The first kappa shape index (κ1) is 15.2. The Hall–Kier alpha value is -1.68. The molecule has 1 N–H and O–H groups in total. The van der Waals surface area contributed by atoms with E-state index in [-0.39, 0.29) is 5.41 Å². The van der Waals surface area contributed by atoms with Crippen molar-refractivity contribution < 1.29 is 0 Å². The summed E-state index contributed by atoms with van der Waals surface area (Å²) in [7, 11) is 0. The zero-order valence-corrected chi connectivity index (χ0v) is 14.3. The lowest BCUT2D eigenvalue weighted by Crippen LogP contribution is -2.32. The van der Waals surface area contributed by atoms with E-state index in [0.717, 1.165) is 31.9 Å². The van der Waals surface area contributed by atoms with Crippen LogP contribution < -0.4 is 0 Å². The van der Waals surface area contributed by atoms with E-state index < -0.39 is 0 Å². The summed E-state index contributed by atoms with van der Waals surface area (Å²) in [5, 5.41) is 0. The van der Waals surface area contributed by atoms with Crippen molar-refractivity contribution >= 4 is 0 Å². The topological polar surface area (TPSA) is 44.8 Å². The minimum Gasteiger partial charge on any atom is -0.361 e. The molecule has 0 unspecified atom stereocenters. The van der Waals surface area contributed by atoms with Gasteiger partial charge in [-0.25, -0.2) is 9.97 Å². The third-order valence-electron chi connectivity index (χ3n) is 4.33. The van der Waals surface area contributed by atoms with E-state index in [1.165, 1.54) is 28.2 Å². The van der Waals surface area contributed by atoms with Gasteiger partial charge in [0, 0.05) is 42.6 Å². The summed E-state index contributed by atoms with van der Waals surface area (Å²) < 4.78 is 0. The second-order valence-corrected chi connectivity index (χ2v) is 7.49. The van der Waals surface area contributed by atoms with Gasteiger partial charge < -0.3 is 4.98 Å². The first-order chi connectivity index (χ1) is 10.3. The molecule has 1 aliphatic heterocycles. The summed E-state index contributed by atoms with van der Waals surface area (Å²) in [5.74, 6) is 0.944. The Labute approximate surface area is 133 Å². The fourth-order valence-electron chi connectivity index (χ4n) is 3.03. The van der Waals surface area contributed by atoms with E-state index in [9.17, 15) is 0 Å². The average molecular weight is 298 g/mol. The molecular formula is C18H26N4. The SMILES string of the molecule is Cc1cc(C)c(CN2CCc3cnc(C(C)(C)C)nc3C2)[nH]1. The van der Waals surface area contributed by atoms with Gasteiger partial charge in [0.1, 0.15) is 5.82 Å². The molecule has 22 heavy (non-hydrogen) atoms. The maximum atomic E-state index is 4.84. The van der Waals surface area contributed by atoms with Gasteiger partial charge >= 0.3 is 0 Å². The van der Waals surface area contributed by atoms with Crippen molar-refractivity contribution in [1.29, 1.82) is 0 Å². The number of hydrogen-bond donors (Lipinski definition) is 1. The largest absolute Gasteiger partial charge is 0.361 e. The highest BCUT2D eigenvalue weighted by Gasteiger charge is 2.23. The summed E-state index contributed by atoms with van der Waals surface area (Å²) >= 11 is 0. The molecule has 0 fully saturated rings. The number of fused-ring (bicyclic) bond motifs is 1. The van der Waals surface area contributed by atoms with Crippen LogP contribution in [0.4, 0.5) is 0 Å². The third-order valence-corrected chi connectivity index (χ3v) is 4.33. The van der Waals surface area contributed by atoms with Gasteiger partial charge in [-0.1, -0.05) is 20.8 Å². The maximum Gasteiger partial charge on any atom is 0.133 e. The Kier molecular flexibility index (Phi) is 3.81. The number of aromatic nitrogens is 3. The van der Waals surface area contributed by atoms with Gasteiger partial charge in [-0.15, -0.1) is 0 Å². The van der Waals surface area contributed by atoms with Crippen LogP contribution >= 0.6 is 0 Å². The summed E-state index contributed by atoms with van der Waals surface area (Å²) in [6.07, 6.45) is 3.07. The fourth-order valence-corrected chi connectivity index (χ4v) is 3.03. The molecule has 118 valence electrons. The molecule has 4 nitrogen and oxygen atoms in total. The normalized spacial score (nSPS) is 15.9. The highest BCUT2D eigenvalue weighted by molar-refractivity contribution is 5.25. The van der Waals surface area contributed by atoms with Crippen LogP contribution in [0.5, 0.6) is 0 Å². The summed E-state index contributed by atoms with van der Waals surface area (Å²) in [6, 6.07) is 2.22. The zero-order valence-electron chi connectivity index (χ0n) is 14.3. The molecule has 0 spiro atoms. The predicted octanol–water partition coefficient (Wildman–Crippen LogP) is 3.28. The molecule has 4 heteroatoms. The van der Waals surface area contributed by atoms with Crippen LogP contribution in [-0.2, 0) is 24.9 Å².